The summed E-state index contributed by atoms with van der Waals surface area (Å²) < 4.78 is 6.92. The Labute approximate surface area is 165 Å². The fourth-order valence-corrected chi connectivity index (χ4v) is 3.10. The van der Waals surface area contributed by atoms with Crippen molar-refractivity contribution in [2.24, 2.45) is 0 Å². The Bertz CT molecular complexity index is 969. The molecule has 0 fully saturated rings. The SMILES string of the molecule is COc1ccc(-n2ccc(C#N)c2C(=O)NC(C)CCc2ccccc2)cc1. The molecule has 0 aliphatic carbocycles. The van der Waals surface area contributed by atoms with Crippen LogP contribution in [0.25, 0.3) is 5.69 Å². The van der Waals surface area contributed by atoms with Gasteiger partial charge in [-0.3, -0.25) is 4.79 Å². The molecule has 0 aliphatic heterocycles. The van der Waals surface area contributed by atoms with Crippen LogP contribution in [0.15, 0.2) is 66.9 Å². The second-order valence-electron chi connectivity index (χ2n) is 6.66. The van der Waals surface area contributed by atoms with Gasteiger partial charge < -0.3 is 14.6 Å². The largest absolute Gasteiger partial charge is 0.497 e. The normalized spacial score (nSPS) is 11.5. The molecule has 2 aromatic carbocycles. The van der Waals surface area contributed by atoms with Crippen molar-refractivity contribution < 1.29 is 9.53 Å². The number of rotatable bonds is 7. The molecule has 28 heavy (non-hydrogen) atoms. The molecule has 1 amide bonds. The molecule has 1 unspecified atom stereocenters. The number of ether oxygens (including phenoxy) is 1. The highest BCUT2D eigenvalue weighted by atomic mass is 16.5. The van der Waals surface area contributed by atoms with E-state index in [9.17, 15) is 10.1 Å². The molecular formula is C23H23N3O2. The Morgan fingerprint density at radius 2 is 1.86 bits per heavy atom. The van der Waals surface area contributed by atoms with E-state index >= 15 is 0 Å². The van der Waals surface area contributed by atoms with E-state index in [1.165, 1.54) is 5.56 Å². The molecule has 0 saturated heterocycles. The molecule has 5 heteroatoms. The molecule has 0 bridgehead atoms. The number of hydrogen-bond donors (Lipinski definition) is 1. The minimum Gasteiger partial charge on any atom is -0.497 e. The number of aryl methyl sites for hydroxylation is 1. The number of nitrogens with one attached hydrogen (secondary N) is 1. The molecule has 5 nitrogen and oxygen atoms in total. The number of benzene rings is 2. The molecule has 1 atom stereocenters. The van der Waals surface area contributed by atoms with Crippen molar-refractivity contribution >= 4 is 5.91 Å². The Balaban J connectivity index is 1.75. The number of hydrogen-bond acceptors (Lipinski definition) is 3. The van der Waals surface area contributed by atoms with Gasteiger partial charge in [0.15, 0.2) is 0 Å². The first-order chi connectivity index (χ1) is 13.6. The van der Waals surface area contributed by atoms with E-state index in [0.717, 1.165) is 24.3 Å². The molecular weight excluding hydrogens is 350 g/mol. The maximum Gasteiger partial charge on any atom is 0.269 e. The zero-order chi connectivity index (χ0) is 19.9. The predicted octanol–water partition coefficient (Wildman–Crippen LogP) is 4.11. The van der Waals surface area contributed by atoms with Crippen LogP contribution < -0.4 is 10.1 Å². The summed E-state index contributed by atoms with van der Waals surface area (Å²) in [7, 11) is 1.61. The van der Waals surface area contributed by atoms with Crippen molar-refractivity contribution in [3.05, 3.63) is 83.7 Å². The number of amides is 1. The van der Waals surface area contributed by atoms with E-state index in [0.29, 0.717) is 11.3 Å². The molecule has 1 heterocycles. The number of aromatic nitrogens is 1. The van der Waals surface area contributed by atoms with Gasteiger partial charge in [0.25, 0.3) is 5.91 Å². The second-order valence-corrected chi connectivity index (χ2v) is 6.66. The van der Waals surface area contributed by atoms with Gasteiger partial charge in [-0.2, -0.15) is 5.26 Å². The molecule has 1 aromatic heterocycles. The summed E-state index contributed by atoms with van der Waals surface area (Å²) >= 11 is 0. The smallest absolute Gasteiger partial charge is 0.269 e. The summed E-state index contributed by atoms with van der Waals surface area (Å²) in [5, 5.41) is 12.5. The maximum atomic E-state index is 12.9. The first-order valence-electron chi connectivity index (χ1n) is 9.23. The van der Waals surface area contributed by atoms with Crippen LogP contribution in [0.5, 0.6) is 5.75 Å². The van der Waals surface area contributed by atoms with E-state index in [4.69, 9.17) is 4.74 Å². The summed E-state index contributed by atoms with van der Waals surface area (Å²) in [6, 6.07) is 21.3. The second kappa shape index (κ2) is 8.92. The van der Waals surface area contributed by atoms with Crippen molar-refractivity contribution in [1.29, 1.82) is 5.26 Å². The van der Waals surface area contributed by atoms with E-state index in [2.05, 4.69) is 23.5 Å². The molecule has 0 saturated carbocycles. The maximum absolute atomic E-state index is 12.9. The van der Waals surface area contributed by atoms with E-state index < -0.39 is 0 Å². The Kier molecular flexibility index (Phi) is 6.13. The Morgan fingerprint density at radius 3 is 2.50 bits per heavy atom. The number of carbonyl (C=O) groups is 1. The minimum absolute atomic E-state index is 0.0153. The monoisotopic (exact) mass is 373 g/mol. The van der Waals surface area contributed by atoms with Crippen molar-refractivity contribution in [3.8, 4) is 17.5 Å². The van der Waals surface area contributed by atoms with Gasteiger partial charge in [-0.05, 0) is 55.7 Å². The van der Waals surface area contributed by atoms with Gasteiger partial charge in [0, 0.05) is 17.9 Å². The number of methoxy groups -OCH3 is 1. The highest BCUT2D eigenvalue weighted by Crippen LogP contribution is 2.20. The molecule has 142 valence electrons. The average Bonchev–Trinajstić information content (AvgIpc) is 3.17. The van der Waals surface area contributed by atoms with Crippen LogP contribution in [0.2, 0.25) is 0 Å². The highest BCUT2D eigenvalue weighted by molar-refractivity contribution is 5.96. The highest BCUT2D eigenvalue weighted by Gasteiger charge is 2.20. The lowest BCUT2D eigenvalue weighted by Crippen LogP contribution is -2.34. The Hall–Kier alpha value is -3.52. The minimum atomic E-state index is -0.252. The summed E-state index contributed by atoms with van der Waals surface area (Å²) in [4.78, 5) is 12.9. The zero-order valence-electron chi connectivity index (χ0n) is 16.1. The summed E-state index contributed by atoms with van der Waals surface area (Å²) in [6.07, 6.45) is 3.44. The van der Waals surface area contributed by atoms with Crippen molar-refractivity contribution in [1.82, 2.24) is 9.88 Å². The predicted molar refractivity (Wildman–Crippen MR) is 109 cm³/mol. The van der Waals surface area contributed by atoms with Gasteiger partial charge in [0.2, 0.25) is 0 Å². The summed E-state index contributed by atoms with van der Waals surface area (Å²) in [6.45, 7) is 1.98. The summed E-state index contributed by atoms with van der Waals surface area (Å²) in [5.74, 6) is 0.481. The quantitative estimate of drug-likeness (QED) is 0.678. The van der Waals surface area contributed by atoms with Crippen LogP contribution in [-0.4, -0.2) is 23.6 Å². The van der Waals surface area contributed by atoms with Gasteiger partial charge in [0.1, 0.15) is 17.5 Å². The first kappa shape index (κ1) is 19.2. The summed E-state index contributed by atoms with van der Waals surface area (Å²) in [5.41, 5.74) is 2.73. The van der Waals surface area contributed by atoms with Crippen LogP contribution in [0.1, 0.15) is 35.0 Å². The lowest BCUT2D eigenvalue weighted by molar-refractivity contribution is 0.0931. The Morgan fingerprint density at radius 1 is 1.14 bits per heavy atom. The topological polar surface area (TPSA) is 67.0 Å². The number of carbonyl (C=O) groups excluding carboxylic acids is 1. The molecule has 0 spiro atoms. The third-order valence-electron chi connectivity index (χ3n) is 4.66. The first-order valence-corrected chi connectivity index (χ1v) is 9.23. The van der Waals surface area contributed by atoms with E-state index in [1.807, 2.05) is 49.4 Å². The third kappa shape index (κ3) is 4.41. The zero-order valence-corrected chi connectivity index (χ0v) is 16.1. The lowest BCUT2D eigenvalue weighted by atomic mass is 10.1. The van der Waals surface area contributed by atoms with Gasteiger partial charge in [-0.15, -0.1) is 0 Å². The average molecular weight is 373 g/mol. The van der Waals surface area contributed by atoms with Crippen molar-refractivity contribution in [2.45, 2.75) is 25.8 Å². The van der Waals surface area contributed by atoms with Crippen molar-refractivity contribution in [3.63, 3.8) is 0 Å². The molecule has 0 aliphatic rings. The third-order valence-corrected chi connectivity index (χ3v) is 4.66. The molecule has 0 radical (unpaired) electrons. The van der Waals surface area contributed by atoms with Gasteiger partial charge >= 0.3 is 0 Å². The van der Waals surface area contributed by atoms with Gasteiger partial charge in [0.05, 0.1) is 12.7 Å². The molecule has 1 N–H and O–H groups in total. The van der Waals surface area contributed by atoms with E-state index in [-0.39, 0.29) is 11.9 Å². The fraction of sp³-hybridized carbons (Fsp3) is 0.217. The number of nitrogens with zero attached hydrogens (tertiary/aromatic N) is 2. The van der Waals surface area contributed by atoms with Crippen LogP contribution >= 0.6 is 0 Å². The molecule has 3 aromatic rings. The standard InChI is InChI=1S/C23H23N3O2/c1-17(8-9-18-6-4-3-5-7-18)25-23(27)22-19(16-24)14-15-26(22)20-10-12-21(28-2)13-11-20/h3-7,10-15,17H,8-9H2,1-2H3,(H,25,27). The van der Waals surface area contributed by atoms with Crippen molar-refractivity contribution in [2.75, 3.05) is 7.11 Å². The van der Waals surface area contributed by atoms with Crippen LogP contribution in [-0.2, 0) is 6.42 Å². The van der Waals surface area contributed by atoms with Gasteiger partial charge in [-0.25, -0.2) is 0 Å². The van der Waals surface area contributed by atoms with Gasteiger partial charge in [-0.1, -0.05) is 30.3 Å². The fourth-order valence-electron chi connectivity index (χ4n) is 3.10. The van der Waals surface area contributed by atoms with Crippen LogP contribution in [0.4, 0.5) is 0 Å². The lowest BCUT2D eigenvalue weighted by Gasteiger charge is -2.16. The van der Waals surface area contributed by atoms with Crippen LogP contribution in [0.3, 0.4) is 0 Å². The number of nitriles is 1. The van der Waals surface area contributed by atoms with Crippen LogP contribution in [0, 0.1) is 11.3 Å². The van der Waals surface area contributed by atoms with E-state index in [1.54, 1.807) is 23.9 Å². The molecule has 3 rings (SSSR count).